The molecule has 0 aliphatic rings. The van der Waals surface area contributed by atoms with E-state index in [0.717, 1.165) is 0 Å². The molecule has 9 heteroatoms. The Morgan fingerprint density at radius 2 is 1.88 bits per heavy atom. The Hall–Kier alpha value is -2.39. The van der Waals surface area contributed by atoms with Crippen molar-refractivity contribution in [3.63, 3.8) is 0 Å². The smallest absolute Gasteiger partial charge is 0.375 e. The molecule has 1 heterocycles. The van der Waals surface area contributed by atoms with E-state index in [0.29, 0.717) is 28.1 Å². The van der Waals surface area contributed by atoms with Gasteiger partial charge in [-0.05, 0) is 43.3 Å². The molecule has 1 amide bonds. The van der Waals surface area contributed by atoms with Gasteiger partial charge >= 0.3 is 5.97 Å². The lowest BCUT2D eigenvalue weighted by molar-refractivity contribution is -0.123. The van der Waals surface area contributed by atoms with Gasteiger partial charge in [0.25, 0.3) is 11.7 Å². The van der Waals surface area contributed by atoms with Gasteiger partial charge in [-0.3, -0.25) is 4.79 Å². The maximum Gasteiger partial charge on any atom is 0.375 e. The van der Waals surface area contributed by atoms with E-state index in [-0.39, 0.29) is 12.4 Å². The van der Waals surface area contributed by atoms with Crippen molar-refractivity contribution in [1.82, 2.24) is 0 Å². The molecule has 0 aliphatic carbocycles. The highest BCUT2D eigenvalue weighted by atomic mass is 32.2. The number of nitrogens with one attached hydrogen (secondary N) is 1. The van der Waals surface area contributed by atoms with Crippen molar-refractivity contribution >= 4 is 29.3 Å². The molecule has 2 rings (SSSR count). The molecule has 140 valence electrons. The normalized spacial score (nSPS) is 12.0. The summed E-state index contributed by atoms with van der Waals surface area (Å²) in [4.78, 5) is 24.4. The fourth-order valence-electron chi connectivity index (χ4n) is 1.94. The SMILES string of the molecule is COCc1ccc(C(=O)O[C@H](C)C(=O)Nc2ccc(SC(F)F)cc2)o1. The van der Waals surface area contributed by atoms with E-state index in [2.05, 4.69) is 5.32 Å². The third-order valence-corrected chi connectivity index (χ3v) is 3.87. The van der Waals surface area contributed by atoms with Gasteiger partial charge in [0.1, 0.15) is 12.4 Å². The van der Waals surface area contributed by atoms with Crippen LogP contribution >= 0.6 is 11.8 Å². The number of halogens is 2. The summed E-state index contributed by atoms with van der Waals surface area (Å²) in [5.74, 6) is -3.43. The minimum atomic E-state index is -2.51. The molecule has 2 aromatic rings. The molecule has 0 aliphatic heterocycles. The Bertz CT molecular complexity index is 748. The monoisotopic (exact) mass is 385 g/mol. The van der Waals surface area contributed by atoms with Crippen molar-refractivity contribution in [2.75, 3.05) is 12.4 Å². The van der Waals surface area contributed by atoms with E-state index in [4.69, 9.17) is 13.9 Å². The summed E-state index contributed by atoms with van der Waals surface area (Å²) in [6.45, 7) is 1.62. The van der Waals surface area contributed by atoms with Crippen LogP contribution in [0.3, 0.4) is 0 Å². The molecule has 6 nitrogen and oxygen atoms in total. The summed E-state index contributed by atoms with van der Waals surface area (Å²) in [5.41, 5.74) is 0.400. The fraction of sp³-hybridized carbons (Fsp3) is 0.294. The number of furan rings is 1. The van der Waals surface area contributed by atoms with Crippen LogP contribution in [-0.2, 0) is 20.9 Å². The summed E-state index contributed by atoms with van der Waals surface area (Å²) in [7, 11) is 1.49. The second-order valence-corrected chi connectivity index (χ2v) is 6.20. The summed E-state index contributed by atoms with van der Waals surface area (Å²) < 4.78 is 39.7. The molecule has 0 saturated carbocycles. The molecule has 26 heavy (non-hydrogen) atoms. The number of amides is 1. The molecular weight excluding hydrogens is 368 g/mol. The lowest BCUT2D eigenvalue weighted by atomic mass is 10.3. The molecule has 1 aromatic carbocycles. The quantitative estimate of drug-likeness (QED) is 0.548. The zero-order valence-corrected chi connectivity index (χ0v) is 14.8. The largest absolute Gasteiger partial charge is 0.452 e. The third-order valence-electron chi connectivity index (χ3n) is 3.15. The number of rotatable bonds is 8. The van der Waals surface area contributed by atoms with E-state index < -0.39 is 23.7 Å². The van der Waals surface area contributed by atoms with Gasteiger partial charge in [-0.1, -0.05) is 11.8 Å². The Kier molecular flexibility index (Phi) is 7.16. The first-order chi connectivity index (χ1) is 12.4. The Morgan fingerprint density at radius 1 is 1.19 bits per heavy atom. The van der Waals surface area contributed by atoms with Crippen LogP contribution in [0.1, 0.15) is 23.2 Å². The van der Waals surface area contributed by atoms with Gasteiger partial charge in [-0.25, -0.2) is 4.79 Å². The van der Waals surface area contributed by atoms with E-state index in [1.807, 2.05) is 0 Å². The van der Waals surface area contributed by atoms with Crippen molar-refractivity contribution < 1.29 is 32.3 Å². The third kappa shape index (κ3) is 5.85. The first kappa shape index (κ1) is 19.9. The lowest BCUT2D eigenvalue weighted by Crippen LogP contribution is -2.29. The lowest BCUT2D eigenvalue weighted by Gasteiger charge is -2.13. The molecule has 0 fully saturated rings. The summed E-state index contributed by atoms with van der Waals surface area (Å²) >= 11 is 0.409. The number of esters is 1. The maximum atomic E-state index is 12.3. The number of benzene rings is 1. The maximum absolute atomic E-state index is 12.3. The van der Waals surface area contributed by atoms with Crippen molar-refractivity contribution in [1.29, 1.82) is 0 Å². The van der Waals surface area contributed by atoms with E-state index in [1.54, 1.807) is 6.07 Å². The van der Waals surface area contributed by atoms with Gasteiger partial charge in [-0.15, -0.1) is 0 Å². The zero-order chi connectivity index (χ0) is 19.1. The Balaban J connectivity index is 1.89. The Labute approximate surface area is 152 Å². The number of methoxy groups -OCH3 is 1. The van der Waals surface area contributed by atoms with Crippen LogP contribution in [0.15, 0.2) is 45.7 Å². The van der Waals surface area contributed by atoms with Crippen LogP contribution in [-0.4, -0.2) is 30.8 Å². The van der Waals surface area contributed by atoms with E-state index in [9.17, 15) is 18.4 Å². The molecule has 0 saturated heterocycles. The van der Waals surface area contributed by atoms with E-state index >= 15 is 0 Å². The molecular formula is C17H17F2NO5S. The van der Waals surface area contributed by atoms with Gasteiger partial charge in [-0.2, -0.15) is 8.78 Å². The van der Waals surface area contributed by atoms with Crippen LogP contribution in [0.25, 0.3) is 0 Å². The highest BCUT2D eigenvalue weighted by molar-refractivity contribution is 7.99. The second-order valence-electron chi connectivity index (χ2n) is 5.14. The standard InChI is InChI=1S/C17H17F2NO5S/c1-10(24-16(22)14-8-5-12(25-14)9-23-2)15(21)20-11-3-6-13(7-4-11)26-17(18)19/h3-8,10,17H,9H2,1-2H3,(H,20,21)/t10-/m1/s1. The number of thioether (sulfide) groups is 1. The molecule has 0 radical (unpaired) electrons. The molecule has 0 unspecified atom stereocenters. The topological polar surface area (TPSA) is 77.8 Å². The second kappa shape index (κ2) is 9.35. The molecule has 1 aromatic heterocycles. The molecule has 1 atom stereocenters. The van der Waals surface area contributed by atoms with Crippen LogP contribution < -0.4 is 5.32 Å². The highest BCUT2D eigenvalue weighted by Crippen LogP contribution is 2.26. The molecule has 0 bridgehead atoms. The average molecular weight is 385 g/mol. The number of ether oxygens (including phenoxy) is 2. The minimum Gasteiger partial charge on any atom is -0.452 e. The number of hydrogen-bond acceptors (Lipinski definition) is 6. The van der Waals surface area contributed by atoms with E-state index in [1.165, 1.54) is 44.4 Å². The van der Waals surface area contributed by atoms with Crippen molar-refractivity contribution in [2.45, 2.75) is 30.3 Å². The fourth-order valence-corrected chi connectivity index (χ4v) is 2.44. The van der Waals surface area contributed by atoms with Gasteiger partial charge in [0, 0.05) is 17.7 Å². The number of anilines is 1. The first-order valence-electron chi connectivity index (χ1n) is 7.53. The number of alkyl halides is 2. The Morgan fingerprint density at radius 3 is 2.50 bits per heavy atom. The highest BCUT2D eigenvalue weighted by Gasteiger charge is 2.21. The van der Waals surface area contributed by atoms with Crippen LogP contribution in [0.4, 0.5) is 14.5 Å². The van der Waals surface area contributed by atoms with Crippen molar-refractivity contribution in [3.05, 3.63) is 47.9 Å². The first-order valence-corrected chi connectivity index (χ1v) is 8.41. The summed E-state index contributed by atoms with van der Waals surface area (Å²) in [5, 5.41) is 2.54. The number of carbonyl (C=O) groups is 2. The molecule has 0 spiro atoms. The molecule has 1 N–H and O–H groups in total. The summed E-state index contributed by atoms with van der Waals surface area (Å²) in [6, 6.07) is 8.90. The predicted molar refractivity (Wildman–Crippen MR) is 91.2 cm³/mol. The predicted octanol–water partition coefficient (Wildman–Crippen LogP) is 3.92. The van der Waals surface area contributed by atoms with Crippen LogP contribution in [0.5, 0.6) is 0 Å². The summed E-state index contributed by atoms with van der Waals surface area (Å²) in [6.07, 6.45) is -1.08. The average Bonchev–Trinajstić information content (AvgIpc) is 3.05. The van der Waals surface area contributed by atoms with Gasteiger partial charge in [0.2, 0.25) is 5.76 Å². The van der Waals surface area contributed by atoms with Crippen molar-refractivity contribution in [2.24, 2.45) is 0 Å². The van der Waals surface area contributed by atoms with Gasteiger partial charge in [0.05, 0.1) is 0 Å². The number of hydrogen-bond donors (Lipinski definition) is 1. The van der Waals surface area contributed by atoms with Crippen LogP contribution in [0.2, 0.25) is 0 Å². The van der Waals surface area contributed by atoms with Crippen molar-refractivity contribution in [3.8, 4) is 0 Å². The van der Waals surface area contributed by atoms with Crippen LogP contribution in [0, 0.1) is 0 Å². The number of carbonyl (C=O) groups excluding carboxylic acids is 2. The van der Waals surface area contributed by atoms with Gasteiger partial charge < -0.3 is 19.2 Å². The minimum absolute atomic E-state index is 0.0370. The zero-order valence-electron chi connectivity index (χ0n) is 14.0. The van der Waals surface area contributed by atoms with Gasteiger partial charge in [0.15, 0.2) is 6.10 Å².